The summed E-state index contributed by atoms with van der Waals surface area (Å²) in [4.78, 5) is 13.3. The van der Waals surface area contributed by atoms with Gasteiger partial charge in [0.2, 0.25) is 5.71 Å². The molecule has 0 amide bonds. The van der Waals surface area contributed by atoms with E-state index in [4.69, 9.17) is 14.4 Å². The SMILES string of the molecule is CC(C)(C)c1ccc(-n2c(-c3[c-]ccc4c3oc3nc(C(F)(F)F)ccc34)nc3ccccc32)cc1.CC(C)Cc1cc(-c2[c-]cccc2)nc[c]1[Ge]([CH3])([CH3])[CH3].[Ir]. The first-order chi connectivity index (χ1) is 26.5. The van der Waals surface area contributed by atoms with Crippen molar-refractivity contribution in [2.45, 2.75) is 69.9 Å². The van der Waals surface area contributed by atoms with Crippen LogP contribution >= 0.6 is 0 Å². The van der Waals surface area contributed by atoms with Crippen molar-refractivity contribution in [2.24, 2.45) is 5.92 Å². The topological polar surface area (TPSA) is 56.7 Å². The Balaban J connectivity index is 0.000000223. The van der Waals surface area contributed by atoms with Gasteiger partial charge in [0.1, 0.15) is 5.69 Å². The number of hydrogen-bond acceptors (Lipinski definition) is 4. The zero-order valence-electron chi connectivity index (χ0n) is 33.3. The molecule has 0 fully saturated rings. The summed E-state index contributed by atoms with van der Waals surface area (Å²) in [7, 11) is 0. The third-order valence-corrected chi connectivity index (χ3v) is 14.1. The van der Waals surface area contributed by atoms with Crippen LogP contribution in [0.2, 0.25) is 17.3 Å². The van der Waals surface area contributed by atoms with E-state index in [0.29, 0.717) is 33.7 Å². The third kappa shape index (κ3) is 8.96. The maximum atomic E-state index is 13.3. The predicted molar refractivity (Wildman–Crippen MR) is 224 cm³/mol. The number of halogens is 3. The molecule has 0 bridgehead atoms. The van der Waals surface area contributed by atoms with Crippen LogP contribution in [0.4, 0.5) is 13.2 Å². The molecule has 10 heteroatoms. The predicted octanol–water partition coefficient (Wildman–Crippen LogP) is 12.4. The molecular weight excluding hydrogens is 958 g/mol. The average molecular weight is 1000 g/mol. The molecule has 0 atom stereocenters. The Kier molecular flexibility index (Phi) is 12.1. The number of para-hydroxylation sites is 2. The number of alkyl halides is 3. The fourth-order valence-corrected chi connectivity index (χ4v) is 10.3. The van der Waals surface area contributed by atoms with E-state index in [1.165, 1.54) is 17.2 Å². The minimum atomic E-state index is -4.56. The summed E-state index contributed by atoms with van der Waals surface area (Å²) in [6, 6.07) is 38.8. The molecule has 4 heterocycles. The molecule has 4 aromatic carbocycles. The number of nitrogens with zero attached hydrogens (tertiary/aromatic N) is 4. The number of pyridine rings is 2. The van der Waals surface area contributed by atoms with Gasteiger partial charge in [0.05, 0.1) is 22.4 Å². The molecular formula is C47H45F3GeIrN4O-2. The van der Waals surface area contributed by atoms with Gasteiger partial charge in [-0.2, -0.15) is 13.2 Å². The molecule has 0 aliphatic rings. The standard InChI is InChI=1S/C29H21F3N3O.C18H24GeN.Ir/c1-28(2,3)17-11-13-18(14-12-17)35-23-10-5-4-9-22(23)33-26(35)21-8-6-7-19-20-15-16-24(29(30,31)32)34-27(20)36-25(19)21;1-14(2)11-16-12-18(15-9-7-6-8-10-15)20-13-17(16)19(3,4)5;/h4-7,9-16H,1-3H3;6-9,12-14H,11H2,1-5H3;/q2*-1;. The zero-order chi connectivity index (χ0) is 40.0. The summed E-state index contributed by atoms with van der Waals surface area (Å²) in [6.45, 7) is 11.1. The van der Waals surface area contributed by atoms with Crippen molar-refractivity contribution >= 4 is 50.8 Å². The first-order valence-electron chi connectivity index (χ1n) is 18.9. The fraction of sp³-hybridized carbons (Fsp3) is 0.255. The van der Waals surface area contributed by atoms with Gasteiger partial charge < -0.3 is 8.98 Å². The number of fused-ring (bicyclic) bond motifs is 4. The van der Waals surface area contributed by atoms with Crippen molar-refractivity contribution in [3.05, 3.63) is 138 Å². The van der Waals surface area contributed by atoms with Crippen LogP contribution in [0.15, 0.2) is 114 Å². The number of imidazole rings is 1. The fourth-order valence-electron chi connectivity index (χ4n) is 6.99. The quantitative estimate of drug-likeness (QED) is 0.123. The molecule has 0 saturated carbocycles. The number of aromatic nitrogens is 4. The molecule has 4 aromatic heterocycles. The van der Waals surface area contributed by atoms with Gasteiger partial charge in [-0.25, -0.2) is 4.98 Å². The molecule has 0 N–H and O–H groups in total. The van der Waals surface area contributed by atoms with Gasteiger partial charge in [-0.3, -0.25) is 4.98 Å². The first kappa shape index (κ1) is 42.0. The smallest absolute Gasteiger partial charge is 0 e. The summed E-state index contributed by atoms with van der Waals surface area (Å²) < 4.78 is 49.2. The molecule has 1 radical (unpaired) electrons. The second kappa shape index (κ2) is 16.4. The van der Waals surface area contributed by atoms with Gasteiger partial charge in [0.15, 0.2) is 0 Å². The van der Waals surface area contributed by atoms with Crippen LogP contribution in [0.3, 0.4) is 0 Å². The largest absolute Gasteiger partial charge is 0 e. The molecule has 0 aliphatic heterocycles. The van der Waals surface area contributed by atoms with Crippen LogP contribution in [0.5, 0.6) is 0 Å². The van der Waals surface area contributed by atoms with Crippen molar-refractivity contribution in [2.75, 3.05) is 0 Å². The van der Waals surface area contributed by atoms with Crippen LogP contribution in [0.1, 0.15) is 51.4 Å². The average Bonchev–Trinajstić information content (AvgIpc) is 3.73. The summed E-state index contributed by atoms with van der Waals surface area (Å²) in [6.07, 6.45) is -1.29. The minimum absolute atomic E-state index is 0. The monoisotopic (exact) mass is 1010 g/mol. The Hall–Kier alpha value is -4.57. The van der Waals surface area contributed by atoms with E-state index >= 15 is 0 Å². The Labute approximate surface area is 348 Å². The second-order valence-electron chi connectivity index (χ2n) is 16.7. The molecule has 57 heavy (non-hydrogen) atoms. The van der Waals surface area contributed by atoms with E-state index in [2.05, 4.69) is 99.5 Å². The van der Waals surface area contributed by atoms with Gasteiger partial charge in [0, 0.05) is 31.2 Å². The molecule has 8 aromatic rings. The first-order valence-corrected chi connectivity index (χ1v) is 26.2. The van der Waals surface area contributed by atoms with Crippen LogP contribution in [-0.2, 0) is 38.1 Å². The number of benzene rings is 4. The number of furan rings is 1. The Morgan fingerprint density at radius 1 is 0.807 bits per heavy atom. The molecule has 0 unspecified atom stereocenters. The van der Waals surface area contributed by atoms with Crippen LogP contribution < -0.4 is 4.40 Å². The maximum absolute atomic E-state index is 13.3. The molecule has 0 spiro atoms. The van der Waals surface area contributed by atoms with Gasteiger partial charge in [0.25, 0.3) is 0 Å². The van der Waals surface area contributed by atoms with E-state index in [0.717, 1.165) is 40.5 Å². The van der Waals surface area contributed by atoms with E-state index < -0.39 is 25.1 Å². The van der Waals surface area contributed by atoms with Crippen molar-refractivity contribution in [1.82, 2.24) is 19.5 Å². The van der Waals surface area contributed by atoms with Crippen molar-refractivity contribution in [3.8, 4) is 28.3 Å². The van der Waals surface area contributed by atoms with E-state index in [1.807, 2.05) is 59.2 Å². The van der Waals surface area contributed by atoms with E-state index in [9.17, 15) is 13.2 Å². The number of rotatable bonds is 6. The van der Waals surface area contributed by atoms with Gasteiger partial charge in [-0.1, -0.05) is 56.0 Å². The van der Waals surface area contributed by atoms with Gasteiger partial charge in [-0.15, -0.1) is 18.2 Å². The zero-order valence-corrected chi connectivity index (χ0v) is 37.8. The van der Waals surface area contributed by atoms with E-state index in [-0.39, 0.29) is 31.2 Å². The van der Waals surface area contributed by atoms with Crippen molar-refractivity contribution < 1.29 is 37.7 Å². The normalized spacial score (nSPS) is 12.2. The van der Waals surface area contributed by atoms with Gasteiger partial charge >= 0.3 is 132 Å². The molecule has 8 rings (SSSR count). The van der Waals surface area contributed by atoms with Crippen molar-refractivity contribution in [3.63, 3.8) is 0 Å². The van der Waals surface area contributed by atoms with Crippen LogP contribution in [0, 0.1) is 18.1 Å². The molecule has 0 aliphatic carbocycles. The third-order valence-electron chi connectivity index (χ3n) is 9.78. The molecule has 295 valence electrons. The number of hydrogen-bond donors (Lipinski definition) is 0. The second-order valence-corrected chi connectivity index (χ2v) is 27.2. The Morgan fingerprint density at radius 2 is 1.53 bits per heavy atom. The summed E-state index contributed by atoms with van der Waals surface area (Å²) in [5.74, 6) is 8.58. The molecule has 0 saturated heterocycles. The van der Waals surface area contributed by atoms with Crippen molar-refractivity contribution in [1.29, 1.82) is 0 Å². The van der Waals surface area contributed by atoms with E-state index in [1.54, 1.807) is 16.5 Å². The summed E-state index contributed by atoms with van der Waals surface area (Å²) in [5.41, 5.74) is 7.31. The Morgan fingerprint density at radius 3 is 2.18 bits per heavy atom. The summed E-state index contributed by atoms with van der Waals surface area (Å²) >= 11 is -1.86. The van der Waals surface area contributed by atoms with Gasteiger partial charge in [-0.05, 0) is 47.4 Å². The Bertz CT molecular complexity index is 2650. The molecule has 5 nitrogen and oxygen atoms in total. The van der Waals surface area contributed by atoms with Crippen LogP contribution in [0.25, 0.3) is 61.4 Å². The van der Waals surface area contributed by atoms with Crippen LogP contribution in [-0.4, -0.2) is 32.8 Å². The minimum Gasteiger partial charge on any atom is 0 e. The summed E-state index contributed by atoms with van der Waals surface area (Å²) in [5, 5.41) is 1.16. The maximum Gasteiger partial charge on any atom is 0 e.